The second kappa shape index (κ2) is 10.1. The van der Waals surface area contributed by atoms with E-state index in [0.29, 0.717) is 37.7 Å². The Labute approximate surface area is 178 Å². The van der Waals surface area contributed by atoms with Crippen molar-refractivity contribution >= 4 is 21.6 Å². The monoisotopic (exact) mass is 431 g/mol. The molecule has 0 radical (unpaired) electrons. The first-order valence-electron chi connectivity index (χ1n) is 10.2. The van der Waals surface area contributed by atoms with Crippen LogP contribution in [0, 0.1) is 0 Å². The summed E-state index contributed by atoms with van der Waals surface area (Å²) in [6, 6.07) is 14.7. The van der Waals surface area contributed by atoms with E-state index in [0.717, 1.165) is 18.4 Å². The van der Waals surface area contributed by atoms with E-state index < -0.39 is 10.0 Å². The van der Waals surface area contributed by atoms with Crippen LogP contribution < -0.4 is 10.1 Å². The Morgan fingerprint density at radius 3 is 2.50 bits per heavy atom. The number of amides is 1. The Kier molecular flexibility index (Phi) is 7.47. The van der Waals surface area contributed by atoms with Crippen molar-refractivity contribution in [3.8, 4) is 5.75 Å². The van der Waals surface area contributed by atoms with Crippen molar-refractivity contribution in [1.82, 2.24) is 9.21 Å². The van der Waals surface area contributed by atoms with Gasteiger partial charge in [0, 0.05) is 25.3 Å². The van der Waals surface area contributed by atoms with Gasteiger partial charge in [-0.2, -0.15) is 4.31 Å². The Morgan fingerprint density at radius 2 is 1.83 bits per heavy atom. The van der Waals surface area contributed by atoms with Crippen LogP contribution in [0.5, 0.6) is 5.75 Å². The van der Waals surface area contributed by atoms with Gasteiger partial charge in [-0.05, 0) is 50.6 Å². The predicted molar refractivity (Wildman–Crippen MR) is 117 cm³/mol. The third-order valence-corrected chi connectivity index (χ3v) is 6.84. The lowest BCUT2D eigenvalue weighted by Gasteiger charge is -2.20. The van der Waals surface area contributed by atoms with Gasteiger partial charge in [-0.3, -0.25) is 9.69 Å². The number of hydrogen-bond donors (Lipinski definition) is 1. The van der Waals surface area contributed by atoms with Crippen molar-refractivity contribution < 1.29 is 17.9 Å². The first-order chi connectivity index (χ1) is 14.4. The van der Waals surface area contributed by atoms with Crippen LogP contribution in [-0.2, 0) is 21.4 Å². The lowest BCUT2D eigenvalue weighted by atomic mass is 10.2. The number of nitrogens with zero attached hydrogens (tertiary/aromatic N) is 2. The number of sulfonamides is 1. The number of likely N-dealkylation sites (N-methyl/N-ethyl adjacent to an activating group) is 1. The maximum Gasteiger partial charge on any atom is 0.246 e. The predicted octanol–water partition coefficient (Wildman–Crippen LogP) is 2.94. The maximum atomic E-state index is 13.1. The minimum absolute atomic E-state index is 0.0988. The summed E-state index contributed by atoms with van der Waals surface area (Å²) in [5.74, 6) is 0.103. The number of carbonyl (C=O) groups is 1. The molecule has 1 amide bonds. The van der Waals surface area contributed by atoms with Gasteiger partial charge >= 0.3 is 0 Å². The van der Waals surface area contributed by atoms with Crippen LogP contribution in [0.1, 0.15) is 25.3 Å². The van der Waals surface area contributed by atoms with Crippen molar-refractivity contribution in [3.05, 3.63) is 54.1 Å². The lowest BCUT2D eigenvalue weighted by molar-refractivity contribution is -0.117. The van der Waals surface area contributed by atoms with Crippen LogP contribution >= 0.6 is 0 Å². The molecule has 1 N–H and O–H groups in total. The Morgan fingerprint density at radius 1 is 1.13 bits per heavy atom. The molecule has 1 saturated heterocycles. The summed E-state index contributed by atoms with van der Waals surface area (Å²) >= 11 is 0. The van der Waals surface area contributed by atoms with E-state index in [1.165, 1.54) is 10.4 Å². The number of ether oxygens (including phenoxy) is 1. The third kappa shape index (κ3) is 5.59. The van der Waals surface area contributed by atoms with Crippen LogP contribution in [0.4, 0.5) is 5.69 Å². The van der Waals surface area contributed by atoms with Crippen molar-refractivity contribution in [3.63, 3.8) is 0 Å². The molecule has 0 bridgehead atoms. The Bertz CT molecular complexity index is 958. The van der Waals surface area contributed by atoms with Gasteiger partial charge in [0.15, 0.2) is 0 Å². The highest BCUT2D eigenvalue weighted by atomic mass is 32.2. The Hall–Kier alpha value is -2.42. The summed E-state index contributed by atoms with van der Waals surface area (Å²) in [5.41, 5.74) is 1.56. The minimum atomic E-state index is -3.67. The molecular formula is C22H29N3O4S. The standard InChI is InChI=1S/C22H29N3O4S/c1-3-29-20-12-11-19(15-21(20)30(27,28)25-13-7-8-14-25)23-22(26)17-24(2)16-18-9-5-4-6-10-18/h4-6,9-12,15H,3,7-8,13-14,16-17H2,1-2H3,(H,23,26). The quantitative estimate of drug-likeness (QED) is 0.660. The zero-order valence-electron chi connectivity index (χ0n) is 17.5. The molecule has 2 aromatic rings. The van der Waals surface area contributed by atoms with Crippen molar-refractivity contribution in [2.75, 3.05) is 38.6 Å². The summed E-state index contributed by atoms with van der Waals surface area (Å²) in [6.45, 7) is 4.02. The van der Waals surface area contributed by atoms with E-state index in [4.69, 9.17) is 4.74 Å². The van der Waals surface area contributed by atoms with Crippen molar-refractivity contribution in [2.45, 2.75) is 31.2 Å². The molecule has 162 valence electrons. The van der Waals surface area contributed by atoms with Gasteiger partial charge in [-0.25, -0.2) is 8.42 Å². The molecule has 1 fully saturated rings. The number of benzene rings is 2. The van der Waals surface area contributed by atoms with Gasteiger partial charge in [-0.15, -0.1) is 0 Å². The average Bonchev–Trinajstić information content (AvgIpc) is 3.25. The number of hydrogen-bond acceptors (Lipinski definition) is 5. The second-order valence-corrected chi connectivity index (χ2v) is 9.32. The highest BCUT2D eigenvalue weighted by Gasteiger charge is 2.30. The third-order valence-electron chi connectivity index (χ3n) is 4.92. The molecule has 0 atom stereocenters. The SMILES string of the molecule is CCOc1ccc(NC(=O)CN(C)Cc2ccccc2)cc1S(=O)(=O)N1CCCC1. The summed E-state index contributed by atoms with van der Waals surface area (Å²) in [6.07, 6.45) is 1.71. The zero-order chi connectivity index (χ0) is 21.6. The molecule has 0 spiro atoms. The molecule has 1 aliphatic rings. The first-order valence-corrected chi connectivity index (χ1v) is 11.6. The zero-order valence-corrected chi connectivity index (χ0v) is 18.3. The minimum Gasteiger partial charge on any atom is -0.492 e. The van der Waals surface area contributed by atoms with E-state index in [-0.39, 0.29) is 17.3 Å². The molecule has 8 heteroatoms. The molecule has 0 aliphatic carbocycles. The Balaban J connectivity index is 1.72. The molecule has 7 nitrogen and oxygen atoms in total. The van der Waals surface area contributed by atoms with E-state index in [1.54, 1.807) is 12.1 Å². The smallest absolute Gasteiger partial charge is 0.246 e. The van der Waals surface area contributed by atoms with Gasteiger partial charge in [0.2, 0.25) is 15.9 Å². The molecule has 3 rings (SSSR count). The fourth-order valence-electron chi connectivity index (χ4n) is 3.53. The number of rotatable bonds is 9. The van der Waals surface area contributed by atoms with E-state index in [9.17, 15) is 13.2 Å². The van der Waals surface area contributed by atoms with Crippen LogP contribution in [-0.4, -0.2) is 56.8 Å². The lowest BCUT2D eigenvalue weighted by Crippen LogP contribution is -2.30. The molecular weight excluding hydrogens is 402 g/mol. The molecule has 0 aromatic heterocycles. The molecule has 1 aliphatic heterocycles. The highest BCUT2D eigenvalue weighted by Crippen LogP contribution is 2.31. The van der Waals surface area contributed by atoms with Gasteiger partial charge in [0.1, 0.15) is 10.6 Å². The van der Waals surface area contributed by atoms with E-state index in [1.807, 2.05) is 49.2 Å². The van der Waals surface area contributed by atoms with Crippen molar-refractivity contribution in [1.29, 1.82) is 0 Å². The molecule has 0 unspecified atom stereocenters. The molecule has 30 heavy (non-hydrogen) atoms. The summed E-state index contributed by atoms with van der Waals surface area (Å²) in [4.78, 5) is 14.5. The van der Waals surface area contributed by atoms with Crippen LogP contribution in [0.15, 0.2) is 53.4 Å². The molecule has 2 aromatic carbocycles. The van der Waals surface area contributed by atoms with Gasteiger partial charge in [-0.1, -0.05) is 30.3 Å². The van der Waals surface area contributed by atoms with Gasteiger partial charge < -0.3 is 10.1 Å². The number of carbonyl (C=O) groups excluding carboxylic acids is 1. The highest BCUT2D eigenvalue weighted by molar-refractivity contribution is 7.89. The van der Waals surface area contributed by atoms with E-state index in [2.05, 4.69) is 5.32 Å². The van der Waals surface area contributed by atoms with Crippen molar-refractivity contribution in [2.24, 2.45) is 0 Å². The number of nitrogens with one attached hydrogen (secondary N) is 1. The van der Waals surface area contributed by atoms with Crippen LogP contribution in [0.25, 0.3) is 0 Å². The average molecular weight is 432 g/mol. The summed E-state index contributed by atoms with van der Waals surface area (Å²) in [5, 5.41) is 2.81. The topological polar surface area (TPSA) is 79.0 Å². The van der Waals surface area contributed by atoms with Crippen LogP contribution in [0.3, 0.4) is 0 Å². The van der Waals surface area contributed by atoms with Gasteiger partial charge in [0.05, 0.1) is 13.2 Å². The second-order valence-electron chi connectivity index (χ2n) is 7.41. The van der Waals surface area contributed by atoms with Crippen LogP contribution in [0.2, 0.25) is 0 Å². The fourth-order valence-corrected chi connectivity index (χ4v) is 5.20. The molecule has 0 saturated carbocycles. The maximum absolute atomic E-state index is 13.1. The van der Waals surface area contributed by atoms with Gasteiger partial charge in [0.25, 0.3) is 0 Å². The summed E-state index contributed by atoms with van der Waals surface area (Å²) < 4.78 is 33.2. The normalized spacial score (nSPS) is 14.8. The van der Waals surface area contributed by atoms with E-state index >= 15 is 0 Å². The fraction of sp³-hybridized carbons (Fsp3) is 0.409. The first kappa shape index (κ1) is 22.3. The number of anilines is 1. The largest absolute Gasteiger partial charge is 0.492 e. The summed E-state index contributed by atoms with van der Waals surface area (Å²) in [7, 11) is -1.80. The molecule has 1 heterocycles.